The lowest BCUT2D eigenvalue weighted by Crippen LogP contribution is -2.45. The van der Waals surface area contributed by atoms with Crippen LogP contribution in [0.25, 0.3) is 11.3 Å². The van der Waals surface area contributed by atoms with Crippen LogP contribution in [0.2, 0.25) is 0 Å². The van der Waals surface area contributed by atoms with Crippen LogP contribution in [0.15, 0.2) is 42.7 Å². The molecule has 0 aliphatic carbocycles. The molecule has 0 bridgehead atoms. The van der Waals surface area contributed by atoms with Crippen LogP contribution in [-0.2, 0) is 4.74 Å². The molecule has 1 saturated heterocycles. The molecule has 4 rings (SSSR count). The summed E-state index contributed by atoms with van der Waals surface area (Å²) >= 11 is 0. The van der Waals surface area contributed by atoms with Crippen molar-refractivity contribution in [3.8, 4) is 11.3 Å². The summed E-state index contributed by atoms with van der Waals surface area (Å²) in [6.07, 6.45) is -0.0426. The van der Waals surface area contributed by atoms with Gasteiger partial charge < -0.3 is 26.0 Å². The molecule has 1 amide bonds. The number of amides is 1. The summed E-state index contributed by atoms with van der Waals surface area (Å²) in [5.41, 5.74) is 4.24. The predicted molar refractivity (Wildman–Crippen MR) is 121 cm³/mol. The van der Waals surface area contributed by atoms with E-state index in [0.29, 0.717) is 12.0 Å². The molecule has 184 valence electrons. The number of aliphatic hydroxyl groups excluding tert-OH is 2. The Morgan fingerprint density at radius 2 is 1.91 bits per heavy atom. The van der Waals surface area contributed by atoms with Crippen molar-refractivity contribution >= 4 is 17.3 Å². The molecule has 1 aliphatic rings. The van der Waals surface area contributed by atoms with Gasteiger partial charge in [-0.1, -0.05) is 13.0 Å². The number of ether oxygens (including phenoxy) is 1. The molecule has 8 nitrogen and oxygen atoms in total. The molecule has 1 aliphatic heterocycles. The molecule has 11 heteroatoms. The van der Waals surface area contributed by atoms with Crippen LogP contribution in [-0.4, -0.2) is 44.4 Å². The maximum atomic E-state index is 14.5. The molecule has 0 unspecified atom stereocenters. The van der Waals surface area contributed by atoms with Gasteiger partial charge in [0.15, 0.2) is 11.5 Å². The number of aliphatic hydroxyl groups is 2. The Kier molecular flexibility index (Phi) is 7.01. The number of nitrogens with two attached hydrogens (primary N) is 1. The lowest BCUT2D eigenvalue weighted by molar-refractivity contribution is -0.170. The average molecular weight is 488 g/mol. The van der Waals surface area contributed by atoms with Gasteiger partial charge in [0, 0.05) is 24.2 Å². The lowest BCUT2D eigenvalue weighted by atomic mass is 9.92. The fourth-order valence-electron chi connectivity index (χ4n) is 4.05. The summed E-state index contributed by atoms with van der Waals surface area (Å²) in [5.74, 6) is -4.08. The Morgan fingerprint density at radius 1 is 1.20 bits per heavy atom. The fraction of sp³-hybridized carbons (Fsp3) is 0.292. The van der Waals surface area contributed by atoms with E-state index >= 15 is 0 Å². The zero-order valence-corrected chi connectivity index (χ0v) is 18.6. The molecule has 3 aromatic rings. The van der Waals surface area contributed by atoms with Crippen molar-refractivity contribution in [1.82, 2.24) is 9.97 Å². The molecule has 0 spiro atoms. The number of benzene rings is 1. The maximum Gasteiger partial charge on any atom is 0.276 e. The maximum absolute atomic E-state index is 14.5. The highest BCUT2D eigenvalue weighted by molar-refractivity contribution is 6.06. The van der Waals surface area contributed by atoms with Gasteiger partial charge in [0.05, 0.1) is 41.4 Å². The van der Waals surface area contributed by atoms with Crippen LogP contribution >= 0.6 is 0 Å². The first-order valence-electron chi connectivity index (χ1n) is 10.9. The van der Waals surface area contributed by atoms with E-state index in [1.807, 2.05) is 0 Å². The number of pyridine rings is 2. The quantitative estimate of drug-likeness (QED) is 0.433. The molecule has 1 aromatic carbocycles. The summed E-state index contributed by atoms with van der Waals surface area (Å²) in [7, 11) is 0. The first kappa shape index (κ1) is 24.6. The normalized spacial score (nSPS) is 22.1. The van der Waals surface area contributed by atoms with Crippen molar-refractivity contribution < 1.29 is 32.9 Å². The monoisotopic (exact) mass is 488 g/mol. The summed E-state index contributed by atoms with van der Waals surface area (Å²) < 4.78 is 48.9. The second-order valence-corrected chi connectivity index (χ2v) is 8.14. The highest BCUT2D eigenvalue weighted by atomic mass is 19.1. The topological polar surface area (TPSA) is 131 Å². The van der Waals surface area contributed by atoms with Crippen molar-refractivity contribution in [3.63, 3.8) is 0 Å². The Bertz CT molecular complexity index is 1240. The number of hydrogen-bond donors (Lipinski definition) is 4. The van der Waals surface area contributed by atoms with Gasteiger partial charge in [-0.25, -0.2) is 18.2 Å². The van der Waals surface area contributed by atoms with Crippen LogP contribution in [0.3, 0.4) is 0 Å². The van der Waals surface area contributed by atoms with Gasteiger partial charge in [0.1, 0.15) is 23.4 Å². The zero-order chi connectivity index (χ0) is 25.3. The Balaban J connectivity index is 1.67. The van der Waals surface area contributed by atoms with Gasteiger partial charge in [-0.2, -0.15) is 0 Å². The lowest BCUT2D eigenvalue weighted by Gasteiger charge is -2.37. The van der Waals surface area contributed by atoms with E-state index in [1.165, 1.54) is 12.4 Å². The second kappa shape index (κ2) is 9.98. The number of aromatic nitrogens is 2. The van der Waals surface area contributed by atoms with Gasteiger partial charge in [-0.15, -0.1) is 0 Å². The van der Waals surface area contributed by atoms with Crippen molar-refractivity contribution in [1.29, 1.82) is 0 Å². The number of anilines is 2. The van der Waals surface area contributed by atoms with Crippen LogP contribution in [0.5, 0.6) is 0 Å². The SMILES string of the molecule is CC[C@@H]1O[C@H](c2ccncc2NC(=O)c2nc(-c3c(F)cccc3F)c(F)cc2N)C[C@H](O)[C@H]1O. The molecule has 1 fully saturated rings. The standard InChI is InChI=1S/C24H23F3N4O4/c1-2-18-23(33)17(32)9-19(35-18)11-6-7-29-10-16(11)30-24(34)22-15(28)8-14(27)21(31-22)20-12(25)4-3-5-13(20)26/h3-8,10,17-19,23,32-33H,2,9,28H2,1H3,(H,30,34)/t17-,18-,19-,23+/m0/s1. The molecule has 0 saturated carbocycles. The van der Waals surface area contributed by atoms with E-state index in [-0.39, 0.29) is 17.8 Å². The highest BCUT2D eigenvalue weighted by Crippen LogP contribution is 2.36. The van der Waals surface area contributed by atoms with Crippen LogP contribution in [0, 0.1) is 17.5 Å². The van der Waals surface area contributed by atoms with Crippen LogP contribution in [0.1, 0.15) is 41.9 Å². The van der Waals surface area contributed by atoms with Crippen molar-refractivity contribution in [2.75, 3.05) is 11.1 Å². The van der Waals surface area contributed by atoms with Crippen molar-refractivity contribution in [3.05, 3.63) is 71.4 Å². The molecular weight excluding hydrogens is 465 g/mol. The Morgan fingerprint density at radius 3 is 2.60 bits per heavy atom. The molecule has 4 atom stereocenters. The highest BCUT2D eigenvalue weighted by Gasteiger charge is 2.37. The smallest absolute Gasteiger partial charge is 0.276 e. The number of carbonyl (C=O) groups excluding carboxylic acids is 1. The summed E-state index contributed by atoms with van der Waals surface area (Å²) in [5, 5.41) is 22.9. The number of hydrogen-bond acceptors (Lipinski definition) is 7. The molecule has 0 radical (unpaired) electrons. The van der Waals surface area contributed by atoms with E-state index in [2.05, 4.69) is 15.3 Å². The molecule has 35 heavy (non-hydrogen) atoms. The number of carbonyl (C=O) groups is 1. The third-order valence-electron chi connectivity index (χ3n) is 5.84. The van der Waals surface area contributed by atoms with E-state index in [1.54, 1.807) is 13.0 Å². The largest absolute Gasteiger partial charge is 0.397 e. The third kappa shape index (κ3) is 4.83. The summed E-state index contributed by atoms with van der Waals surface area (Å²) in [4.78, 5) is 20.9. The van der Waals surface area contributed by atoms with Crippen LogP contribution in [0.4, 0.5) is 24.5 Å². The van der Waals surface area contributed by atoms with Gasteiger partial charge in [0.2, 0.25) is 0 Å². The summed E-state index contributed by atoms with van der Waals surface area (Å²) in [6.45, 7) is 1.80. The molecule has 5 N–H and O–H groups in total. The first-order chi connectivity index (χ1) is 16.7. The van der Waals surface area contributed by atoms with E-state index < -0.39 is 64.7 Å². The van der Waals surface area contributed by atoms with E-state index in [9.17, 15) is 28.2 Å². The average Bonchev–Trinajstić information content (AvgIpc) is 2.82. The predicted octanol–water partition coefficient (Wildman–Crippen LogP) is 3.36. The van der Waals surface area contributed by atoms with Crippen LogP contribution < -0.4 is 11.1 Å². The number of rotatable bonds is 5. The van der Waals surface area contributed by atoms with Gasteiger partial charge in [-0.3, -0.25) is 9.78 Å². The van der Waals surface area contributed by atoms with Gasteiger partial charge >= 0.3 is 0 Å². The number of nitrogens with one attached hydrogen (secondary N) is 1. The van der Waals surface area contributed by atoms with E-state index in [0.717, 1.165) is 24.3 Å². The van der Waals surface area contributed by atoms with E-state index in [4.69, 9.17) is 10.5 Å². The minimum atomic E-state index is -1.10. The minimum Gasteiger partial charge on any atom is -0.397 e. The number of halogens is 3. The molecule has 3 heterocycles. The summed E-state index contributed by atoms with van der Waals surface area (Å²) in [6, 6.07) is 5.35. The zero-order valence-electron chi connectivity index (χ0n) is 18.6. The van der Waals surface area contributed by atoms with Crippen molar-refractivity contribution in [2.24, 2.45) is 0 Å². The molecular formula is C24H23F3N4O4. The third-order valence-corrected chi connectivity index (χ3v) is 5.84. The Labute approximate surface area is 198 Å². The first-order valence-corrected chi connectivity index (χ1v) is 10.9. The Hall–Kier alpha value is -3.54. The number of nitrogens with zero attached hydrogens (tertiary/aromatic N) is 2. The number of nitrogen functional groups attached to an aromatic ring is 1. The fourth-order valence-corrected chi connectivity index (χ4v) is 4.05. The van der Waals surface area contributed by atoms with Crippen molar-refractivity contribution in [2.45, 2.75) is 44.2 Å². The minimum absolute atomic E-state index is 0.0677. The van der Waals surface area contributed by atoms with Gasteiger partial charge in [0.25, 0.3) is 5.91 Å². The second-order valence-electron chi connectivity index (χ2n) is 8.14. The van der Waals surface area contributed by atoms with Gasteiger partial charge in [-0.05, 0) is 24.6 Å². The molecule has 2 aromatic heterocycles.